The van der Waals surface area contributed by atoms with E-state index < -0.39 is 11.7 Å². The van der Waals surface area contributed by atoms with Crippen LogP contribution in [0.3, 0.4) is 0 Å². The highest BCUT2D eigenvalue weighted by Crippen LogP contribution is 2.39. The number of alkyl halides is 3. The second-order valence-corrected chi connectivity index (χ2v) is 5.14. The number of rotatable bonds is 3. The molecule has 0 spiro atoms. The maximum atomic E-state index is 13.1. The van der Waals surface area contributed by atoms with Gasteiger partial charge in [-0.1, -0.05) is 6.07 Å². The molecule has 2 aromatic rings. The highest BCUT2D eigenvalue weighted by atomic mass is 32.2. The summed E-state index contributed by atoms with van der Waals surface area (Å²) < 4.78 is 39.2. The summed E-state index contributed by atoms with van der Waals surface area (Å²) in [6.07, 6.45) is -4.50. The molecular weight excluding hydrogens is 303 g/mol. The van der Waals surface area contributed by atoms with E-state index in [2.05, 4.69) is 9.97 Å². The van der Waals surface area contributed by atoms with Gasteiger partial charge in [-0.25, -0.2) is 9.97 Å². The standard InChI is InChI=1S/C12H12F3N5S/c13-12(14,15)7-3-6(5-16)1-2-8(7)21-11-19-9(17)4-10(18)20-11/h1-4H,5,16H2,(H4,17,18,19,20). The summed E-state index contributed by atoms with van der Waals surface area (Å²) in [5, 5.41) is 0.0542. The first-order valence-electron chi connectivity index (χ1n) is 5.77. The molecule has 112 valence electrons. The fraction of sp³-hybridized carbons (Fsp3) is 0.167. The van der Waals surface area contributed by atoms with E-state index in [0.717, 1.165) is 17.8 Å². The molecule has 0 atom stereocenters. The highest BCUT2D eigenvalue weighted by Gasteiger charge is 2.34. The molecule has 0 saturated carbocycles. The van der Waals surface area contributed by atoms with E-state index in [4.69, 9.17) is 17.2 Å². The van der Waals surface area contributed by atoms with Crippen molar-refractivity contribution in [1.82, 2.24) is 9.97 Å². The van der Waals surface area contributed by atoms with Crippen LogP contribution >= 0.6 is 11.8 Å². The minimum atomic E-state index is -4.50. The van der Waals surface area contributed by atoms with Crippen LogP contribution in [0.2, 0.25) is 0 Å². The monoisotopic (exact) mass is 315 g/mol. The van der Waals surface area contributed by atoms with Gasteiger partial charge in [0, 0.05) is 17.5 Å². The fourth-order valence-electron chi connectivity index (χ4n) is 1.62. The molecule has 0 saturated heterocycles. The fourth-order valence-corrected chi connectivity index (χ4v) is 2.54. The summed E-state index contributed by atoms with van der Waals surface area (Å²) in [5.74, 6) is 0.189. The zero-order chi connectivity index (χ0) is 15.6. The maximum Gasteiger partial charge on any atom is 0.417 e. The van der Waals surface area contributed by atoms with Gasteiger partial charge in [0.05, 0.1) is 5.56 Å². The second-order valence-electron chi connectivity index (χ2n) is 4.13. The van der Waals surface area contributed by atoms with Crippen molar-refractivity contribution in [3.63, 3.8) is 0 Å². The SMILES string of the molecule is NCc1ccc(Sc2nc(N)cc(N)n2)c(C(F)(F)F)c1. The minimum Gasteiger partial charge on any atom is -0.383 e. The Balaban J connectivity index is 2.43. The van der Waals surface area contributed by atoms with Crippen molar-refractivity contribution < 1.29 is 13.2 Å². The molecule has 0 unspecified atom stereocenters. The molecule has 5 nitrogen and oxygen atoms in total. The summed E-state index contributed by atoms with van der Waals surface area (Å²) in [4.78, 5) is 7.67. The Morgan fingerprint density at radius 1 is 1.05 bits per heavy atom. The number of aromatic nitrogens is 2. The van der Waals surface area contributed by atoms with Gasteiger partial charge in [0.25, 0.3) is 0 Å². The third-order valence-electron chi connectivity index (χ3n) is 2.53. The minimum absolute atomic E-state index is 0.0236. The Kier molecular flexibility index (Phi) is 4.24. The summed E-state index contributed by atoms with van der Waals surface area (Å²) >= 11 is 0.746. The lowest BCUT2D eigenvalue weighted by Crippen LogP contribution is -2.09. The first kappa shape index (κ1) is 15.4. The number of hydrogen-bond acceptors (Lipinski definition) is 6. The van der Waals surface area contributed by atoms with Crippen LogP contribution in [0, 0.1) is 0 Å². The topological polar surface area (TPSA) is 104 Å². The van der Waals surface area contributed by atoms with E-state index in [1.54, 1.807) is 0 Å². The first-order chi connectivity index (χ1) is 9.79. The molecule has 1 aromatic heterocycles. The van der Waals surface area contributed by atoms with Gasteiger partial charge in [0.2, 0.25) is 0 Å². The third kappa shape index (κ3) is 3.76. The molecule has 0 bridgehead atoms. The van der Waals surface area contributed by atoms with E-state index in [-0.39, 0.29) is 28.2 Å². The molecular formula is C12H12F3N5S. The lowest BCUT2D eigenvalue weighted by molar-refractivity contribution is -0.139. The van der Waals surface area contributed by atoms with Crippen LogP contribution < -0.4 is 17.2 Å². The van der Waals surface area contributed by atoms with Gasteiger partial charge in [-0.05, 0) is 29.5 Å². The summed E-state index contributed by atoms with van der Waals surface area (Å²) in [6.45, 7) is 0.0236. The Labute approximate surface area is 122 Å². The van der Waals surface area contributed by atoms with Crippen LogP contribution in [-0.4, -0.2) is 9.97 Å². The number of hydrogen-bond donors (Lipinski definition) is 3. The van der Waals surface area contributed by atoms with Crippen LogP contribution in [0.1, 0.15) is 11.1 Å². The number of anilines is 2. The average Bonchev–Trinajstić information content (AvgIpc) is 2.36. The van der Waals surface area contributed by atoms with Crippen LogP contribution in [-0.2, 0) is 12.7 Å². The van der Waals surface area contributed by atoms with Crippen LogP contribution in [0.25, 0.3) is 0 Å². The van der Waals surface area contributed by atoms with Crippen molar-refractivity contribution in [2.45, 2.75) is 22.8 Å². The largest absolute Gasteiger partial charge is 0.417 e. The van der Waals surface area contributed by atoms with E-state index in [9.17, 15) is 13.2 Å². The lowest BCUT2D eigenvalue weighted by Gasteiger charge is -2.13. The Hall–Kier alpha value is -2.00. The maximum absolute atomic E-state index is 13.1. The van der Waals surface area contributed by atoms with Gasteiger partial charge in [0.15, 0.2) is 5.16 Å². The van der Waals surface area contributed by atoms with Crippen molar-refractivity contribution in [2.75, 3.05) is 11.5 Å². The van der Waals surface area contributed by atoms with Crippen molar-refractivity contribution in [3.05, 3.63) is 35.4 Å². The number of nitrogen functional groups attached to an aromatic ring is 2. The van der Waals surface area contributed by atoms with Gasteiger partial charge in [-0.3, -0.25) is 0 Å². The van der Waals surface area contributed by atoms with Gasteiger partial charge in [-0.15, -0.1) is 0 Å². The predicted molar refractivity (Wildman–Crippen MR) is 74.3 cm³/mol. The molecule has 9 heteroatoms. The highest BCUT2D eigenvalue weighted by molar-refractivity contribution is 7.99. The van der Waals surface area contributed by atoms with Gasteiger partial charge in [0.1, 0.15) is 11.6 Å². The van der Waals surface area contributed by atoms with E-state index >= 15 is 0 Å². The predicted octanol–water partition coefficient (Wildman–Crippen LogP) is 2.27. The zero-order valence-electron chi connectivity index (χ0n) is 10.7. The van der Waals surface area contributed by atoms with Gasteiger partial charge >= 0.3 is 6.18 Å². The molecule has 0 amide bonds. The van der Waals surface area contributed by atoms with Crippen LogP contribution in [0.4, 0.5) is 24.8 Å². The van der Waals surface area contributed by atoms with E-state index in [0.29, 0.717) is 5.56 Å². The van der Waals surface area contributed by atoms with Crippen LogP contribution in [0.15, 0.2) is 34.3 Å². The quantitative estimate of drug-likeness (QED) is 0.751. The number of benzene rings is 1. The van der Waals surface area contributed by atoms with Gasteiger partial charge < -0.3 is 17.2 Å². The molecule has 1 aromatic carbocycles. The van der Waals surface area contributed by atoms with Crippen molar-refractivity contribution >= 4 is 23.4 Å². The van der Waals surface area contributed by atoms with Gasteiger partial charge in [-0.2, -0.15) is 13.2 Å². The van der Waals surface area contributed by atoms with Crippen LogP contribution in [0.5, 0.6) is 0 Å². The first-order valence-corrected chi connectivity index (χ1v) is 6.59. The molecule has 0 aliphatic heterocycles. The number of nitrogens with zero attached hydrogens (tertiary/aromatic N) is 2. The second kappa shape index (κ2) is 5.78. The van der Waals surface area contributed by atoms with E-state index in [1.165, 1.54) is 18.2 Å². The Morgan fingerprint density at radius 2 is 1.67 bits per heavy atom. The molecule has 0 radical (unpaired) electrons. The lowest BCUT2D eigenvalue weighted by atomic mass is 10.1. The molecule has 0 aliphatic rings. The molecule has 6 N–H and O–H groups in total. The zero-order valence-corrected chi connectivity index (χ0v) is 11.5. The summed E-state index contributed by atoms with van der Waals surface area (Å²) in [7, 11) is 0. The Bertz CT molecular complexity index is 640. The Morgan fingerprint density at radius 3 is 2.19 bits per heavy atom. The van der Waals surface area contributed by atoms with E-state index in [1.807, 2.05) is 0 Å². The van der Waals surface area contributed by atoms with Crippen molar-refractivity contribution in [2.24, 2.45) is 5.73 Å². The number of nitrogens with two attached hydrogens (primary N) is 3. The van der Waals surface area contributed by atoms with Crippen molar-refractivity contribution in [1.29, 1.82) is 0 Å². The molecule has 21 heavy (non-hydrogen) atoms. The van der Waals surface area contributed by atoms with Crippen molar-refractivity contribution in [3.8, 4) is 0 Å². The summed E-state index contributed by atoms with van der Waals surface area (Å²) in [6, 6.07) is 5.19. The molecule has 0 aliphatic carbocycles. The molecule has 0 fully saturated rings. The normalized spacial score (nSPS) is 11.6. The number of halogens is 3. The third-order valence-corrected chi connectivity index (χ3v) is 3.47. The average molecular weight is 315 g/mol. The molecule has 1 heterocycles. The smallest absolute Gasteiger partial charge is 0.383 e. The summed E-state index contributed by atoms with van der Waals surface area (Å²) in [5.41, 5.74) is 16.0. The molecule has 2 rings (SSSR count).